The van der Waals surface area contributed by atoms with Gasteiger partial charge in [-0.2, -0.15) is 0 Å². The van der Waals surface area contributed by atoms with Crippen LogP contribution < -0.4 is 10.4 Å². The average molecular weight is 400 g/mol. The molecule has 1 nitrogen and oxygen atoms in total. The molecular formula is C15H16Br2OSi. The first-order valence-electron chi connectivity index (χ1n) is 6.22. The predicted octanol–water partition coefficient (Wildman–Crippen LogP) is 2.70. The van der Waals surface area contributed by atoms with E-state index in [0.29, 0.717) is 0 Å². The van der Waals surface area contributed by atoms with Crippen LogP contribution in [0.4, 0.5) is 0 Å². The van der Waals surface area contributed by atoms with Crippen LogP contribution in [0, 0.1) is 0 Å². The van der Waals surface area contributed by atoms with Gasteiger partial charge in [0.15, 0.2) is 0 Å². The Labute approximate surface area is 133 Å². The van der Waals surface area contributed by atoms with Crippen molar-refractivity contribution in [1.82, 2.24) is 0 Å². The van der Waals surface area contributed by atoms with Crippen LogP contribution >= 0.6 is 31.9 Å². The van der Waals surface area contributed by atoms with E-state index in [9.17, 15) is 0 Å². The summed E-state index contributed by atoms with van der Waals surface area (Å²) in [4.78, 5) is 0. The highest BCUT2D eigenvalue weighted by Crippen LogP contribution is 2.05. The quantitative estimate of drug-likeness (QED) is 0.536. The topological polar surface area (TPSA) is 9.23 Å². The predicted molar refractivity (Wildman–Crippen MR) is 91.8 cm³/mol. The molecule has 0 radical (unpaired) electrons. The van der Waals surface area contributed by atoms with Gasteiger partial charge in [-0.3, -0.25) is 0 Å². The average Bonchev–Trinajstić information content (AvgIpc) is 2.50. The van der Waals surface area contributed by atoms with E-state index >= 15 is 0 Å². The lowest BCUT2D eigenvalue weighted by atomic mass is 10.4. The summed E-state index contributed by atoms with van der Waals surface area (Å²) in [6, 6.07) is 21.1. The number of benzene rings is 2. The molecule has 0 heterocycles. The smallest absolute Gasteiger partial charge is 0.240 e. The molecule has 0 fully saturated rings. The van der Waals surface area contributed by atoms with Crippen molar-refractivity contribution in [3.05, 3.63) is 60.7 Å². The van der Waals surface area contributed by atoms with Crippen molar-refractivity contribution in [3.8, 4) is 0 Å². The second-order valence-corrected chi connectivity index (χ2v) is 7.93. The lowest BCUT2D eigenvalue weighted by molar-refractivity contribution is 0.265. The van der Waals surface area contributed by atoms with Crippen molar-refractivity contribution >= 4 is 51.3 Å². The first kappa shape index (κ1) is 15.0. The van der Waals surface area contributed by atoms with Crippen LogP contribution in [-0.2, 0) is 4.43 Å². The lowest BCUT2D eigenvalue weighted by Crippen LogP contribution is -2.47. The summed E-state index contributed by atoms with van der Waals surface area (Å²) in [5.41, 5.74) is 0. The standard InChI is InChI=1S/C15H16Br2OSi/c16-11-13(12-17)18-19(14-7-3-1-4-8-14)15-9-5-2-6-10-15/h1-10,13,19H,11-12H2. The molecule has 0 aliphatic rings. The Morgan fingerprint density at radius 2 is 1.21 bits per heavy atom. The molecule has 0 aliphatic heterocycles. The second-order valence-electron chi connectivity index (χ2n) is 4.27. The first-order chi connectivity index (χ1) is 9.35. The van der Waals surface area contributed by atoms with Gasteiger partial charge in [0.1, 0.15) is 0 Å². The summed E-state index contributed by atoms with van der Waals surface area (Å²) in [5, 5.41) is 4.34. The van der Waals surface area contributed by atoms with Crippen LogP contribution in [-0.4, -0.2) is 25.8 Å². The van der Waals surface area contributed by atoms with Gasteiger partial charge >= 0.3 is 0 Å². The van der Waals surface area contributed by atoms with Crippen molar-refractivity contribution in [3.63, 3.8) is 0 Å². The minimum Gasteiger partial charge on any atom is -0.406 e. The molecule has 0 aromatic heterocycles. The third kappa shape index (κ3) is 4.28. The number of hydrogen-bond acceptors (Lipinski definition) is 1. The fraction of sp³-hybridized carbons (Fsp3) is 0.200. The van der Waals surface area contributed by atoms with Crippen LogP contribution in [0.5, 0.6) is 0 Å². The lowest BCUT2D eigenvalue weighted by Gasteiger charge is -2.22. The van der Waals surface area contributed by atoms with Crippen LogP contribution in [0.3, 0.4) is 0 Å². The van der Waals surface area contributed by atoms with Gasteiger partial charge in [0.05, 0.1) is 6.10 Å². The highest BCUT2D eigenvalue weighted by molar-refractivity contribution is 9.09. The van der Waals surface area contributed by atoms with E-state index in [1.165, 1.54) is 10.4 Å². The molecule has 0 aliphatic carbocycles. The van der Waals surface area contributed by atoms with Gasteiger partial charge in [-0.05, 0) is 10.4 Å². The molecule has 2 aromatic carbocycles. The van der Waals surface area contributed by atoms with Gasteiger partial charge in [0, 0.05) is 10.7 Å². The molecule has 0 unspecified atom stereocenters. The van der Waals surface area contributed by atoms with E-state index in [-0.39, 0.29) is 6.10 Å². The summed E-state index contributed by atoms with van der Waals surface area (Å²) < 4.78 is 6.37. The van der Waals surface area contributed by atoms with E-state index in [4.69, 9.17) is 4.43 Å². The number of alkyl halides is 2. The summed E-state index contributed by atoms with van der Waals surface area (Å²) in [6.07, 6.45) is 0.206. The monoisotopic (exact) mass is 398 g/mol. The van der Waals surface area contributed by atoms with Crippen molar-refractivity contribution in [2.45, 2.75) is 6.10 Å². The molecule has 0 saturated heterocycles. The third-order valence-corrected chi connectivity index (χ3v) is 6.96. The van der Waals surface area contributed by atoms with Gasteiger partial charge < -0.3 is 4.43 Å². The minimum atomic E-state index is -1.60. The van der Waals surface area contributed by atoms with Crippen LogP contribution in [0.2, 0.25) is 0 Å². The molecule has 0 atom stereocenters. The Balaban J connectivity index is 2.29. The fourth-order valence-electron chi connectivity index (χ4n) is 1.91. The maximum absolute atomic E-state index is 6.37. The van der Waals surface area contributed by atoms with Gasteiger partial charge in [0.2, 0.25) is 9.04 Å². The number of rotatable bonds is 6. The molecule has 0 bridgehead atoms. The van der Waals surface area contributed by atoms with Crippen molar-refractivity contribution in [2.75, 3.05) is 10.7 Å². The molecule has 0 spiro atoms. The van der Waals surface area contributed by atoms with Crippen molar-refractivity contribution < 1.29 is 4.43 Å². The van der Waals surface area contributed by atoms with E-state index in [2.05, 4.69) is 80.4 Å². The highest BCUT2D eigenvalue weighted by atomic mass is 79.9. The molecule has 100 valence electrons. The number of halogens is 2. The maximum Gasteiger partial charge on any atom is 0.240 e. The van der Waals surface area contributed by atoms with Crippen LogP contribution in [0.15, 0.2) is 60.7 Å². The summed E-state index contributed by atoms with van der Waals surface area (Å²) in [6.45, 7) is 0. The molecule has 2 aromatic rings. The maximum atomic E-state index is 6.37. The molecule has 0 saturated carbocycles. The van der Waals surface area contributed by atoms with Gasteiger partial charge in [-0.15, -0.1) is 0 Å². The van der Waals surface area contributed by atoms with Gasteiger partial charge in [0.25, 0.3) is 0 Å². The van der Waals surface area contributed by atoms with E-state index in [1.54, 1.807) is 0 Å². The minimum absolute atomic E-state index is 0.206. The van der Waals surface area contributed by atoms with Crippen molar-refractivity contribution in [1.29, 1.82) is 0 Å². The van der Waals surface area contributed by atoms with Crippen LogP contribution in [0.25, 0.3) is 0 Å². The molecule has 2 rings (SSSR count). The molecule has 4 heteroatoms. The van der Waals surface area contributed by atoms with Gasteiger partial charge in [-0.25, -0.2) is 0 Å². The molecule has 0 N–H and O–H groups in total. The Kier molecular flexibility index (Phi) is 6.30. The Bertz CT molecular complexity index is 435. The normalized spacial score (nSPS) is 11.2. The van der Waals surface area contributed by atoms with Gasteiger partial charge in [-0.1, -0.05) is 92.5 Å². The van der Waals surface area contributed by atoms with E-state index < -0.39 is 9.04 Å². The zero-order valence-electron chi connectivity index (χ0n) is 10.5. The summed E-state index contributed by atoms with van der Waals surface area (Å²) >= 11 is 7.03. The Morgan fingerprint density at radius 3 is 1.58 bits per heavy atom. The molecule has 0 amide bonds. The first-order valence-corrected chi connectivity index (χ1v) is 10.1. The zero-order valence-corrected chi connectivity index (χ0v) is 14.8. The molecular weight excluding hydrogens is 384 g/mol. The third-order valence-electron chi connectivity index (χ3n) is 2.88. The van der Waals surface area contributed by atoms with Crippen LogP contribution in [0.1, 0.15) is 0 Å². The zero-order chi connectivity index (χ0) is 13.5. The Hall–Kier alpha value is -0.423. The largest absolute Gasteiger partial charge is 0.406 e. The van der Waals surface area contributed by atoms with E-state index in [0.717, 1.165) is 10.7 Å². The second kappa shape index (κ2) is 8.00. The summed E-state index contributed by atoms with van der Waals surface area (Å²) in [5.74, 6) is 0. The fourth-order valence-corrected chi connectivity index (χ4v) is 6.27. The molecule has 19 heavy (non-hydrogen) atoms. The SMILES string of the molecule is BrCC(CBr)O[SiH](c1ccccc1)c1ccccc1. The Morgan fingerprint density at radius 1 is 0.789 bits per heavy atom. The highest BCUT2D eigenvalue weighted by Gasteiger charge is 2.21. The van der Waals surface area contributed by atoms with E-state index in [1.807, 2.05) is 12.1 Å². The number of hydrogen-bond donors (Lipinski definition) is 0. The van der Waals surface area contributed by atoms with Crippen molar-refractivity contribution in [2.24, 2.45) is 0 Å². The summed E-state index contributed by atoms with van der Waals surface area (Å²) in [7, 11) is -1.60.